The summed E-state index contributed by atoms with van der Waals surface area (Å²) in [5, 5.41) is 2.82. The van der Waals surface area contributed by atoms with Crippen LogP contribution < -0.4 is 5.32 Å². The lowest BCUT2D eigenvalue weighted by atomic mass is 10.1. The molecular formula is C18H26N2O2S. The molecule has 1 aliphatic rings. The van der Waals surface area contributed by atoms with Crippen LogP contribution in [0.2, 0.25) is 0 Å². The highest BCUT2D eigenvalue weighted by Crippen LogP contribution is 2.22. The van der Waals surface area contributed by atoms with E-state index in [0.717, 1.165) is 44.5 Å². The number of hydrogen-bond donors (Lipinski definition) is 1. The molecule has 0 spiro atoms. The number of nitrogens with zero attached hydrogens (tertiary/aromatic N) is 1. The fourth-order valence-corrected chi connectivity index (χ4v) is 3.60. The summed E-state index contributed by atoms with van der Waals surface area (Å²) in [5.41, 5.74) is 1.21. The number of unbranched alkanes of at least 4 members (excludes halogenated alkanes) is 1. The first-order chi connectivity index (χ1) is 11.1. The van der Waals surface area contributed by atoms with Crippen molar-refractivity contribution in [3.05, 3.63) is 29.8 Å². The van der Waals surface area contributed by atoms with E-state index in [4.69, 9.17) is 0 Å². The zero-order valence-electron chi connectivity index (χ0n) is 14.0. The maximum atomic E-state index is 12.6. The molecule has 0 unspecified atom stereocenters. The molecule has 1 saturated heterocycles. The topological polar surface area (TPSA) is 49.4 Å². The summed E-state index contributed by atoms with van der Waals surface area (Å²) < 4.78 is 0. The molecular weight excluding hydrogens is 308 g/mol. The minimum Gasteiger partial charge on any atom is -0.339 e. The number of para-hydroxylation sites is 1. The number of amides is 2. The quantitative estimate of drug-likeness (QED) is 0.772. The van der Waals surface area contributed by atoms with Crippen molar-refractivity contribution in [3.8, 4) is 0 Å². The number of thioether (sulfide) groups is 1. The molecule has 23 heavy (non-hydrogen) atoms. The van der Waals surface area contributed by atoms with Gasteiger partial charge < -0.3 is 10.2 Å². The Morgan fingerprint density at radius 3 is 2.65 bits per heavy atom. The summed E-state index contributed by atoms with van der Waals surface area (Å²) in [5.74, 6) is 0.969. The predicted molar refractivity (Wildman–Crippen MR) is 97.0 cm³/mol. The van der Waals surface area contributed by atoms with E-state index in [1.54, 1.807) is 17.8 Å². The van der Waals surface area contributed by atoms with E-state index in [2.05, 4.69) is 12.2 Å². The van der Waals surface area contributed by atoms with Gasteiger partial charge in [0.25, 0.3) is 5.91 Å². The maximum absolute atomic E-state index is 12.6. The smallest absolute Gasteiger partial charge is 0.255 e. The lowest BCUT2D eigenvalue weighted by molar-refractivity contribution is -0.115. The first kappa shape index (κ1) is 17.9. The standard InChI is InChI=1S/C18H26N2O2S/c1-3-4-13-23-14(2)17(21)19-16-10-6-5-9-15(16)18(22)20-11-7-8-12-20/h5-6,9-10,14H,3-4,7-8,11-13H2,1-2H3,(H,19,21)/t14-/m1/s1. The molecule has 1 aromatic rings. The van der Waals surface area contributed by atoms with Crippen molar-refractivity contribution in [2.45, 2.75) is 44.8 Å². The summed E-state index contributed by atoms with van der Waals surface area (Å²) in [7, 11) is 0. The van der Waals surface area contributed by atoms with Crippen LogP contribution >= 0.6 is 11.8 Å². The molecule has 2 amide bonds. The van der Waals surface area contributed by atoms with Gasteiger partial charge in [-0.1, -0.05) is 25.5 Å². The molecule has 126 valence electrons. The van der Waals surface area contributed by atoms with Crippen LogP contribution in [0, 0.1) is 0 Å². The SMILES string of the molecule is CCCCS[C@H](C)C(=O)Nc1ccccc1C(=O)N1CCCC1. The summed E-state index contributed by atoms with van der Waals surface area (Å²) >= 11 is 1.66. The Morgan fingerprint density at radius 1 is 1.26 bits per heavy atom. The zero-order valence-corrected chi connectivity index (χ0v) is 14.8. The average Bonchev–Trinajstić information content (AvgIpc) is 3.09. The Kier molecular flexibility index (Phi) is 6.96. The molecule has 1 aliphatic heterocycles. The van der Waals surface area contributed by atoms with Gasteiger partial charge in [-0.15, -0.1) is 11.8 Å². The lowest BCUT2D eigenvalue weighted by Crippen LogP contribution is -2.30. The van der Waals surface area contributed by atoms with Crippen LogP contribution in [-0.4, -0.2) is 40.8 Å². The van der Waals surface area contributed by atoms with Crippen molar-refractivity contribution in [1.29, 1.82) is 0 Å². The van der Waals surface area contributed by atoms with Crippen LogP contribution in [0.25, 0.3) is 0 Å². The molecule has 0 saturated carbocycles. The third-order valence-corrected chi connectivity index (χ3v) is 5.28. The van der Waals surface area contributed by atoms with Gasteiger partial charge in [-0.2, -0.15) is 0 Å². The molecule has 2 rings (SSSR count). The van der Waals surface area contributed by atoms with Gasteiger partial charge in [0.05, 0.1) is 16.5 Å². The molecule has 5 heteroatoms. The van der Waals surface area contributed by atoms with Gasteiger partial charge in [0.2, 0.25) is 5.91 Å². The third-order valence-electron chi connectivity index (χ3n) is 4.04. The number of rotatable bonds is 7. The van der Waals surface area contributed by atoms with Crippen molar-refractivity contribution in [2.24, 2.45) is 0 Å². The first-order valence-corrected chi connectivity index (χ1v) is 9.49. The van der Waals surface area contributed by atoms with Gasteiger partial charge in [-0.05, 0) is 44.1 Å². The number of benzene rings is 1. The van der Waals surface area contributed by atoms with E-state index < -0.39 is 0 Å². The van der Waals surface area contributed by atoms with Crippen molar-refractivity contribution >= 4 is 29.3 Å². The summed E-state index contributed by atoms with van der Waals surface area (Å²) in [6.45, 7) is 5.68. The second kappa shape index (κ2) is 8.96. The average molecular weight is 334 g/mol. The molecule has 0 bridgehead atoms. The number of likely N-dealkylation sites (tertiary alicyclic amines) is 1. The van der Waals surface area contributed by atoms with E-state index in [1.807, 2.05) is 30.0 Å². The van der Waals surface area contributed by atoms with Crippen LogP contribution in [0.5, 0.6) is 0 Å². The maximum Gasteiger partial charge on any atom is 0.255 e. The highest BCUT2D eigenvalue weighted by Gasteiger charge is 2.23. The molecule has 0 aromatic heterocycles. The summed E-state index contributed by atoms with van der Waals surface area (Å²) in [4.78, 5) is 26.8. The van der Waals surface area contributed by atoms with Gasteiger partial charge in [0.15, 0.2) is 0 Å². The van der Waals surface area contributed by atoms with Crippen LogP contribution in [0.4, 0.5) is 5.69 Å². The highest BCUT2D eigenvalue weighted by molar-refractivity contribution is 8.00. The Balaban J connectivity index is 2.02. The highest BCUT2D eigenvalue weighted by atomic mass is 32.2. The number of anilines is 1. The Morgan fingerprint density at radius 2 is 1.96 bits per heavy atom. The zero-order chi connectivity index (χ0) is 16.7. The van der Waals surface area contributed by atoms with Gasteiger partial charge in [-0.25, -0.2) is 0 Å². The van der Waals surface area contributed by atoms with E-state index in [1.165, 1.54) is 0 Å². The molecule has 0 radical (unpaired) electrons. The number of carbonyl (C=O) groups excluding carboxylic acids is 2. The Bertz CT molecular complexity index is 542. The van der Waals surface area contributed by atoms with Crippen LogP contribution in [-0.2, 0) is 4.79 Å². The van der Waals surface area contributed by atoms with E-state index in [-0.39, 0.29) is 17.1 Å². The van der Waals surface area contributed by atoms with Crippen molar-refractivity contribution in [1.82, 2.24) is 4.90 Å². The molecule has 0 aliphatic carbocycles. The van der Waals surface area contributed by atoms with E-state index in [0.29, 0.717) is 11.3 Å². The van der Waals surface area contributed by atoms with E-state index >= 15 is 0 Å². The van der Waals surface area contributed by atoms with Crippen LogP contribution in [0.3, 0.4) is 0 Å². The second-order valence-corrected chi connectivity index (χ2v) is 7.35. The fraction of sp³-hybridized carbons (Fsp3) is 0.556. The van der Waals surface area contributed by atoms with Crippen molar-refractivity contribution < 1.29 is 9.59 Å². The molecule has 1 N–H and O–H groups in total. The Labute approximate surface area is 143 Å². The number of carbonyl (C=O) groups is 2. The largest absolute Gasteiger partial charge is 0.339 e. The van der Waals surface area contributed by atoms with Gasteiger partial charge in [0, 0.05) is 13.1 Å². The van der Waals surface area contributed by atoms with Crippen molar-refractivity contribution in [2.75, 3.05) is 24.2 Å². The van der Waals surface area contributed by atoms with Gasteiger partial charge in [-0.3, -0.25) is 9.59 Å². The molecule has 4 nitrogen and oxygen atoms in total. The first-order valence-electron chi connectivity index (χ1n) is 8.44. The lowest BCUT2D eigenvalue weighted by Gasteiger charge is -2.19. The second-order valence-electron chi connectivity index (χ2n) is 5.90. The molecule has 1 heterocycles. The van der Waals surface area contributed by atoms with E-state index in [9.17, 15) is 9.59 Å². The number of hydrogen-bond acceptors (Lipinski definition) is 3. The van der Waals surface area contributed by atoms with Gasteiger partial charge >= 0.3 is 0 Å². The minimum atomic E-state index is -0.114. The normalized spacial score (nSPS) is 15.5. The number of nitrogens with one attached hydrogen (secondary N) is 1. The summed E-state index contributed by atoms with van der Waals surface area (Å²) in [6.07, 6.45) is 4.37. The van der Waals surface area contributed by atoms with Crippen LogP contribution in [0.15, 0.2) is 24.3 Å². The van der Waals surface area contributed by atoms with Gasteiger partial charge in [0.1, 0.15) is 0 Å². The van der Waals surface area contributed by atoms with Crippen molar-refractivity contribution in [3.63, 3.8) is 0 Å². The minimum absolute atomic E-state index is 0.0182. The third kappa shape index (κ3) is 4.99. The Hall–Kier alpha value is -1.49. The summed E-state index contributed by atoms with van der Waals surface area (Å²) in [6, 6.07) is 7.31. The predicted octanol–water partition coefficient (Wildman–Crippen LogP) is 3.78. The molecule has 1 atom stereocenters. The van der Waals surface area contributed by atoms with Crippen LogP contribution in [0.1, 0.15) is 49.9 Å². The monoisotopic (exact) mass is 334 g/mol. The fourth-order valence-electron chi connectivity index (χ4n) is 2.58. The molecule has 1 fully saturated rings. The molecule has 1 aromatic carbocycles.